The van der Waals surface area contributed by atoms with Crippen molar-refractivity contribution in [3.63, 3.8) is 0 Å². The molecular weight excluding hydrogens is 274 g/mol. The quantitative estimate of drug-likeness (QED) is 0.544. The lowest BCUT2D eigenvalue weighted by atomic mass is 9.81. The van der Waals surface area contributed by atoms with Gasteiger partial charge in [0.15, 0.2) is 0 Å². The fourth-order valence-corrected chi connectivity index (χ4v) is 4.37. The summed E-state index contributed by atoms with van der Waals surface area (Å²) in [5.41, 5.74) is 0.585. The highest BCUT2D eigenvalue weighted by Crippen LogP contribution is 2.38. The van der Waals surface area contributed by atoms with E-state index in [-0.39, 0.29) is 0 Å². The molecule has 1 heterocycles. The SMILES string of the molecule is CC1CCCCN1CC1(CBr)CCCCCC1. The Labute approximate surface area is 115 Å². The van der Waals surface area contributed by atoms with Gasteiger partial charge in [-0.05, 0) is 44.6 Å². The third-order valence-electron chi connectivity index (χ3n) is 4.93. The van der Waals surface area contributed by atoms with Gasteiger partial charge >= 0.3 is 0 Å². The maximum absolute atomic E-state index is 3.82. The Balaban J connectivity index is 1.96. The van der Waals surface area contributed by atoms with E-state index in [4.69, 9.17) is 0 Å². The molecule has 0 aromatic carbocycles. The summed E-state index contributed by atoms with van der Waals surface area (Å²) < 4.78 is 0. The average Bonchev–Trinajstić information content (AvgIpc) is 2.58. The molecule has 0 spiro atoms. The van der Waals surface area contributed by atoms with Crippen molar-refractivity contribution in [2.75, 3.05) is 18.4 Å². The summed E-state index contributed by atoms with van der Waals surface area (Å²) in [4.78, 5) is 2.77. The summed E-state index contributed by atoms with van der Waals surface area (Å²) in [6, 6.07) is 0.822. The van der Waals surface area contributed by atoms with Crippen molar-refractivity contribution in [1.29, 1.82) is 0 Å². The molecule has 2 rings (SSSR count). The van der Waals surface area contributed by atoms with E-state index in [0.29, 0.717) is 5.41 Å². The van der Waals surface area contributed by atoms with Gasteiger partial charge in [-0.15, -0.1) is 0 Å². The zero-order valence-electron chi connectivity index (χ0n) is 11.4. The Morgan fingerprint density at radius 1 is 1.06 bits per heavy atom. The standard InChI is InChI=1S/C15H28BrN/c1-14-8-4-7-11-17(14)13-15(12-16)9-5-2-3-6-10-15/h14H,2-13H2,1H3. The van der Waals surface area contributed by atoms with E-state index < -0.39 is 0 Å². The van der Waals surface area contributed by atoms with Gasteiger partial charge in [0.1, 0.15) is 0 Å². The van der Waals surface area contributed by atoms with Gasteiger partial charge in [-0.25, -0.2) is 0 Å². The fraction of sp³-hybridized carbons (Fsp3) is 1.00. The lowest BCUT2D eigenvalue weighted by Crippen LogP contribution is -2.45. The monoisotopic (exact) mass is 301 g/mol. The van der Waals surface area contributed by atoms with Crippen LogP contribution in [0.15, 0.2) is 0 Å². The maximum atomic E-state index is 3.82. The Kier molecular flexibility index (Phi) is 5.35. The number of nitrogens with zero attached hydrogens (tertiary/aromatic N) is 1. The van der Waals surface area contributed by atoms with E-state index in [9.17, 15) is 0 Å². The van der Waals surface area contributed by atoms with Gasteiger partial charge < -0.3 is 4.90 Å². The molecule has 1 aliphatic heterocycles. The summed E-state index contributed by atoms with van der Waals surface area (Å²) in [7, 11) is 0. The predicted octanol–water partition coefficient (Wildman–Crippen LogP) is 4.60. The van der Waals surface area contributed by atoms with E-state index in [2.05, 4.69) is 27.8 Å². The molecule has 1 saturated heterocycles. The summed E-state index contributed by atoms with van der Waals surface area (Å²) in [5.74, 6) is 0. The molecule has 0 aromatic heterocycles. The number of likely N-dealkylation sites (tertiary alicyclic amines) is 1. The van der Waals surface area contributed by atoms with Gasteiger partial charge in [0.25, 0.3) is 0 Å². The minimum atomic E-state index is 0.585. The van der Waals surface area contributed by atoms with Gasteiger partial charge in [0.05, 0.1) is 0 Å². The summed E-state index contributed by atoms with van der Waals surface area (Å²) in [5, 5.41) is 1.21. The van der Waals surface area contributed by atoms with Crippen LogP contribution in [0.5, 0.6) is 0 Å². The molecule has 1 aliphatic carbocycles. The third kappa shape index (κ3) is 3.70. The van der Waals surface area contributed by atoms with Crippen molar-refractivity contribution in [2.24, 2.45) is 5.41 Å². The minimum Gasteiger partial charge on any atom is -0.300 e. The van der Waals surface area contributed by atoms with E-state index in [0.717, 1.165) is 6.04 Å². The van der Waals surface area contributed by atoms with Crippen LogP contribution in [0.25, 0.3) is 0 Å². The number of halogens is 1. The van der Waals surface area contributed by atoms with Crippen molar-refractivity contribution >= 4 is 15.9 Å². The maximum Gasteiger partial charge on any atom is 0.0100 e. The molecule has 2 heteroatoms. The molecule has 100 valence electrons. The summed E-state index contributed by atoms with van der Waals surface area (Å²) >= 11 is 3.82. The van der Waals surface area contributed by atoms with Crippen LogP contribution in [-0.2, 0) is 0 Å². The number of hydrogen-bond acceptors (Lipinski definition) is 1. The first-order valence-corrected chi connectivity index (χ1v) is 8.68. The molecule has 1 saturated carbocycles. The second-order valence-corrected chi connectivity index (χ2v) is 6.92. The molecule has 0 N–H and O–H groups in total. The molecule has 2 fully saturated rings. The van der Waals surface area contributed by atoms with Crippen LogP contribution in [0.3, 0.4) is 0 Å². The molecule has 0 amide bonds. The highest BCUT2D eigenvalue weighted by Gasteiger charge is 2.33. The summed E-state index contributed by atoms with van der Waals surface area (Å²) in [6.07, 6.45) is 13.0. The van der Waals surface area contributed by atoms with Crippen LogP contribution in [0, 0.1) is 5.41 Å². The van der Waals surface area contributed by atoms with Crippen molar-refractivity contribution < 1.29 is 0 Å². The van der Waals surface area contributed by atoms with Crippen LogP contribution >= 0.6 is 15.9 Å². The Morgan fingerprint density at radius 3 is 2.35 bits per heavy atom. The van der Waals surface area contributed by atoms with Crippen molar-refractivity contribution in [1.82, 2.24) is 4.90 Å². The number of hydrogen-bond donors (Lipinski definition) is 0. The molecular formula is C15H28BrN. The molecule has 0 aromatic rings. The highest BCUT2D eigenvalue weighted by molar-refractivity contribution is 9.09. The number of rotatable bonds is 3. The van der Waals surface area contributed by atoms with Crippen LogP contribution in [0.2, 0.25) is 0 Å². The topological polar surface area (TPSA) is 3.24 Å². The van der Waals surface area contributed by atoms with E-state index in [1.807, 2.05) is 0 Å². The average molecular weight is 302 g/mol. The molecule has 1 nitrogen and oxygen atoms in total. The van der Waals surface area contributed by atoms with Gasteiger partial charge in [-0.3, -0.25) is 0 Å². The number of alkyl halides is 1. The second kappa shape index (κ2) is 6.56. The van der Waals surface area contributed by atoms with Gasteiger partial charge in [-0.1, -0.05) is 48.0 Å². The smallest absolute Gasteiger partial charge is 0.0100 e. The largest absolute Gasteiger partial charge is 0.300 e. The number of piperidine rings is 1. The van der Waals surface area contributed by atoms with Crippen LogP contribution < -0.4 is 0 Å². The predicted molar refractivity (Wildman–Crippen MR) is 78.8 cm³/mol. The van der Waals surface area contributed by atoms with Crippen molar-refractivity contribution in [3.05, 3.63) is 0 Å². The van der Waals surface area contributed by atoms with Crippen molar-refractivity contribution in [2.45, 2.75) is 70.8 Å². The van der Waals surface area contributed by atoms with Crippen LogP contribution in [0.1, 0.15) is 64.7 Å². The molecule has 17 heavy (non-hydrogen) atoms. The first-order chi connectivity index (χ1) is 8.26. The van der Waals surface area contributed by atoms with E-state index in [1.165, 1.54) is 76.2 Å². The first kappa shape index (κ1) is 13.9. The van der Waals surface area contributed by atoms with Gasteiger partial charge in [-0.2, -0.15) is 0 Å². The third-order valence-corrected chi connectivity index (χ3v) is 6.12. The molecule has 0 bridgehead atoms. The molecule has 0 radical (unpaired) electrons. The normalized spacial score (nSPS) is 31.1. The first-order valence-electron chi connectivity index (χ1n) is 7.56. The Morgan fingerprint density at radius 2 is 1.76 bits per heavy atom. The second-order valence-electron chi connectivity index (χ2n) is 6.36. The zero-order chi connectivity index (χ0) is 12.1. The Hall–Kier alpha value is 0.440. The highest BCUT2D eigenvalue weighted by atomic mass is 79.9. The molecule has 2 aliphatic rings. The lowest BCUT2D eigenvalue weighted by Gasteiger charge is -2.41. The fourth-order valence-electron chi connectivity index (χ4n) is 3.64. The van der Waals surface area contributed by atoms with Gasteiger partial charge in [0, 0.05) is 17.9 Å². The van der Waals surface area contributed by atoms with E-state index in [1.54, 1.807) is 0 Å². The van der Waals surface area contributed by atoms with Gasteiger partial charge in [0.2, 0.25) is 0 Å². The Bertz CT molecular complexity index is 221. The van der Waals surface area contributed by atoms with Crippen LogP contribution in [-0.4, -0.2) is 29.4 Å². The van der Waals surface area contributed by atoms with Crippen LogP contribution in [0.4, 0.5) is 0 Å². The molecule has 1 atom stereocenters. The molecule has 1 unspecified atom stereocenters. The lowest BCUT2D eigenvalue weighted by molar-refractivity contribution is 0.0905. The summed E-state index contributed by atoms with van der Waals surface area (Å²) in [6.45, 7) is 5.12. The van der Waals surface area contributed by atoms with Crippen molar-refractivity contribution in [3.8, 4) is 0 Å². The van der Waals surface area contributed by atoms with E-state index >= 15 is 0 Å². The zero-order valence-corrected chi connectivity index (χ0v) is 13.0. The minimum absolute atomic E-state index is 0.585.